The monoisotopic (exact) mass is 401 g/mol. The number of ether oxygens (including phenoxy) is 1. The molecule has 3 rings (SSSR count). The van der Waals surface area contributed by atoms with E-state index in [0.717, 1.165) is 24.2 Å². The molecule has 148 valence electrons. The summed E-state index contributed by atoms with van der Waals surface area (Å²) in [6.45, 7) is 2.88. The molecule has 1 saturated heterocycles. The number of amides is 1. The minimum Gasteiger partial charge on any atom is -0.497 e. The van der Waals surface area contributed by atoms with Crippen molar-refractivity contribution in [1.82, 2.24) is 9.73 Å². The number of nitrogens with one attached hydrogen (secondary N) is 1. The lowest BCUT2D eigenvalue weighted by Gasteiger charge is -2.15. The Morgan fingerprint density at radius 1 is 1.00 bits per heavy atom. The highest BCUT2D eigenvalue weighted by Gasteiger charge is 2.27. The molecule has 7 nitrogen and oxygen atoms in total. The zero-order valence-electron chi connectivity index (χ0n) is 15.9. The van der Waals surface area contributed by atoms with E-state index in [1.165, 1.54) is 28.6 Å². The number of hydrogen-bond donors (Lipinski definition) is 1. The highest BCUT2D eigenvalue weighted by atomic mass is 32.2. The minimum atomic E-state index is -3.48. The van der Waals surface area contributed by atoms with Crippen molar-refractivity contribution >= 4 is 21.6 Å². The summed E-state index contributed by atoms with van der Waals surface area (Å²) < 4.78 is 31.6. The third kappa shape index (κ3) is 4.40. The van der Waals surface area contributed by atoms with Crippen LogP contribution < -0.4 is 10.2 Å². The van der Waals surface area contributed by atoms with E-state index in [1.807, 2.05) is 24.3 Å². The molecule has 8 heteroatoms. The Hall–Kier alpha value is -2.71. The summed E-state index contributed by atoms with van der Waals surface area (Å²) in [5.41, 5.74) is 4.33. The second-order valence-corrected chi connectivity index (χ2v) is 8.44. The fourth-order valence-corrected chi connectivity index (χ4v) is 4.47. The maximum Gasteiger partial charge on any atom is 0.271 e. The van der Waals surface area contributed by atoms with E-state index in [1.54, 1.807) is 14.0 Å². The minimum absolute atomic E-state index is 0.198. The molecule has 2 aromatic rings. The molecule has 1 amide bonds. The molecule has 1 aliphatic rings. The molecule has 1 N–H and O–H groups in total. The van der Waals surface area contributed by atoms with Gasteiger partial charge in [0.2, 0.25) is 10.0 Å². The Kier molecular flexibility index (Phi) is 6.11. The van der Waals surface area contributed by atoms with E-state index in [9.17, 15) is 13.2 Å². The summed E-state index contributed by atoms with van der Waals surface area (Å²) in [4.78, 5) is 12.5. The molecule has 0 aliphatic carbocycles. The van der Waals surface area contributed by atoms with Crippen molar-refractivity contribution in [1.29, 1.82) is 0 Å². The van der Waals surface area contributed by atoms with Crippen LogP contribution in [0, 0.1) is 0 Å². The lowest BCUT2D eigenvalue weighted by atomic mass is 10.1. The summed E-state index contributed by atoms with van der Waals surface area (Å²) >= 11 is 0. The van der Waals surface area contributed by atoms with Crippen LogP contribution in [0.2, 0.25) is 0 Å². The van der Waals surface area contributed by atoms with Gasteiger partial charge in [-0.25, -0.2) is 13.8 Å². The maximum atomic E-state index is 12.5. The van der Waals surface area contributed by atoms with Crippen LogP contribution in [0.5, 0.6) is 5.75 Å². The number of sulfonamides is 1. The molecular weight excluding hydrogens is 378 g/mol. The van der Waals surface area contributed by atoms with Gasteiger partial charge in [-0.3, -0.25) is 4.79 Å². The van der Waals surface area contributed by atoms with Gasteiger partial charge in [0.05, 0.1) is 17.7 Å². The summed E-state index contributed by atoms with van der Waals surface area (Å²) in [7, 11) is -1.89. The Morgan fingerprint density at radius 3 is 2.14 bits per heavy atom. The number of carbonyl (C=O) groups is 1. The van der Waals surface area contributed by atoms with E-state index >= 15 is 0 Å². The third-order valence-corrected chi connectivity index (χ3v) is 6.57. The number of methoxy groups -OCH3 is 1. The number of hydrazone groups is 1. The number of hydrogen-bond acceptors (Lipinski definition) is 5. The highest BCUT2D eigenvalue weighted by molar-refractivity contribution is 7.89. The van der Waals surface area contributed by atoms with Crippen molar-refractivity contribution in [2.24, 2.45) is 5.10 Å². The molecule has 0 spiro atoms. The van der Waals surface area contributed by atoms with E-state index in [2.05, 4.69) is 10.5 Å². The maximum absolute atomic E-state index is 12.5. The number of rotatable bonds is 6. The van der Waals surface area contributed by atoms with Crippen molar-refractivity contribution in [3.05, 3.63) is 59.7 Å². The number of benzene rings is 2. The lowest BCUT2D eigenvalue weighted by molar-refractivity contribution is 0.0954. The van der Waals surface area contributed by atoms with Crippen molar-refractivity contribution < 1.29 is 17.9 Å². The normalized spacial score (nSPS) is 15.4. The first-order chi connectivity index (χ1) is 13.4. The van der Waals surface area contributed by atoms with Gasteiger partial charge in [0, 0.05) is 18.7 Å². The van der Waals surface area contributed by atoms with Crippen LogP contribution in [0.4, 0.5) is 0 Å². The number of nitrogens with zero attached hydrogens (tertiary/aromatic N) is 2. The van der Waals surface area contributed by atoms with Gasteiger partial charge >= 0.3 is 0 Å². The summed E-state index contributed by atoms with van der Waals surface area (Å²) in [5.74, 6) is 0.336. The third-order valence-electron chi connectivity index (χ3n) is 4.65. The highest BCUT2D eigenvalue weighted by Crippen LogP contribution is 2.21. The SMILES string of the molecule is COc1ccc(/C(C)=N\NC(=O)c2ccc(S(=O)(=O)N3CCCC3)cc2)cc1. The Balaban J connectivity index is 1.67. The molecule has 0 bridgehead atoms. The van der Waals surface area contributed by atoms with Crippen molar-refractivity contribution in [3.63, 3.8) is 0 Å². The molecule has 0 aromatic heterocycles. The van der Waals surface area contributed by atoms with Gasteiger partial charge < -0.3 is 4.74 Å². The van der Waals surface area contributed by atoms with Crippen LogP contribution >= 0.6 is 0 Å². The summed E-state index contributed by atoms with van der Waals surface area (Å²) in [6.07, 6.45) is 1.76. The van der Waals surface area contributed by atoms with Crippen LogP contribution in [-0.4, -0.2) is 44.5 Å². The van der Waals surface area contributed by atoms with Gasteiger partial charge in [0.1, 0.15) is 5.75 Å². The van der Waals surface area contributed by atoms with Crippen molar-refractivity contribution in [2.45, 2.75) is 24.7 Å². The molecule has 0 saturated carbocycles. The molecule has 1 fully saturated rings. The average molecular weight is 401 g/mol. The molecule has 0 radical (unpaired) electrons. The molecule has 28 heavy (non-hydrogen) atoms. The first-order valence-corrected chi connectivity index (χ1v) is 10.4. The van der Waals surface area contributed by atoms with Crippen LogP contribution in [0.25, 0.3) is 0 Å². The van der Waals surface area contributed by atoms with Crippen LogP contribution in [-0.2, 0) is 10.0 Å². The lowest BCUT2D eigenvalue weighted by Crippen LogP contribution is -2.28. The molecular formula is C20H23N3O4S. The average Bonchev–Trinajstić information content (AvgIpc) is 3.28. The molecule has 0 unspecified atom stereocenters. The topological polar surface area (TPSA) is 88.1 Å². The van der Waals surface area contributed by atoms with Gasteiger partial charge in [0.15, 0.2) is 0 Å². The van der Waals surface area contributed by atoms with Gasteiger partial charge in [-0.2, -0.15) is 9.41 Å². The Morgan fingerprint density at radius 2 is 1.57 bits per heavy atom. The van der Waals surface area contributed by atoms with E-state index < -0.39 is 15.9 Å². The standard InChI is InChI=1S/C20H23N3O4S/c1-15(16-5-9-18(27-2)10-6-16)21-22-20(24)17-7-11-19(12-8-17)28(25,26)23-13-3-4-14-23/h5-12H,3-4,13-14H2,1-2H3,(H,22,24)/b21-15-. The van der Waals surface area contributed by atoms with Gasteiger partial charge in [0.25, 0.3) is 5.91 Å². The summed E-state index contributed by atoms with van der Waals surface area (Å²) in [6, 6.07) is 13.2. The smallest absolute Gasteiger partial charge is 0.271 e. The summed E-state index contributed by atoms with van der Waals surface area (Å²) in [5, 5.41) is 4.11. The molecule has 2 aromatic carbocycles. The first kappa shape index (κ1) is 20.0. The predicted octanol–water partition coefficient (Wildman–Crippen LogP) is 2.63. The largest absolute Gasteiger partial charge is 0.497 e. The molecule has 1 heterocycles. The fraction of sp³-hybridized carbons (Fsp3) is 0.300. The van der Waals surface area contributed by atoms with E-state index in [-0.39, 0.29) is 4.90 Å². The predicted molar refractivity (Wildman–Crippen MR) is 107 cm³/mol. The van der Waals surface area contributed by atoms with Crippen LogP contribution in [0.3, 0.4) is 0 Å². The fourth-order valence-electron chi connectivity index (χ4n) is 2.95. The van der Waals surface area contributed by atoms with Gasteiger partial charge in [-0.05, 0) is 73.9 Å². The second-order valence-electron chi connectivity index (χ2n) is 6.50. The second kappa shape index (κ2) is 8.53. The Labute approximate surface area is 165 Å². The van der Waals surface area contributed by atoms with Crippen LogP contribution in [0.15, 0.2) is 58.5 Å². The van der Waals surface area contributed by atoms with Crippen molar-refractivity contribution in [3.8, 4) is 5.75 Å². The Bertz CT molecular complexity index is 962. The number of carbonyl (C=O) groups excluding carboxylic acids is 1. The molecule has 0 atom stereocenters. The van der Waals surface area contributed by atoms with Crippen LogP contribution in [0.1, 0.15) is 35.7 Å². The molecule has 1 aliphatic heterocycles. The zero-order chi connectivity index (χ0) is 20.1. The quantitative estimate of drug-likeness (QED) is 0.595. The van der Waals surface area contributed by atoms with Gasteiger partial charge in [-0.15, -0.1) is 0 Å². The first-order valence-electron chi connectivity index (χ1n) is 9.01. The van der Waals surface area contributed by atoms with Gasteiger partial charge in [-0.1, -0.05) is 0 Å². The zero-order valence-corrected chi connectivity index (χ0v) is 16.7. The van der Waals surface area contributed by atoms with E-state index in [0.29, 0.717) is 24.4 Å². The van der Waals surface area contributed by atoms with E-state index in [4.69, 9.17) is 4.74 Å². The van der Waals surface area contributed by atoms with Crippen molar-refractivity contribution in [2.75, 3.05) is 20.2 Å².